The van der Waals surface area contributed by atoms with E-state index in [1.165, 1.54) is 0 Å². The molecule has 80 valence electrons. The number of hydrogen-bond donors (Lipinski definition) is 1. The van der Waals surface area contributed by atoms with Crippen LogP contribution in [0.25, 0.3) is 21.6 Å². The summed E-state index contributed by atoms with van der Waals surface area (Å²) in [4.78, 5) is 8.44. The molecule has 0 spiro atoms. The first-order valence-corrected chi connectivity index (χ1v) is 5.61. The minimum absolute atomic E-state index is 0.256. The lowest BCUT2D eigenvalue weighted by Gasteiger charge is -1.94. The Morgan fingerprint density at radius 1 is 1.38 bits per heavy atom. The second-order valence-electron chi connectivity index (χ2n) is 3.22. The van der Waals surface area contributed by atoms with Gasteiger partial charge in [0, 0.05) is 5.56 Å². The zero-order valence-corrected chi connectivity index (χ0v) is 9.07. The Kier molecular flexibility index (Phi) is 2.16. The van der Waals surface area contributed by atoms with Crippen LogP contribution in [0.15, 0.2) is 28.2 Å². The molecule has 0 fully saturated rings. The minimum atomic E-state index is 0.256. The quantitative estimate of drug-likeness (QED) is 0.729. The van der Waals surface area contributed by atoms with Gasteiger partial charge in [-0.05, 0) is 12.1 Å². The van der Waals surface area contributed by atoms with Crippen molar-refractivity contribution in [2.24, 2.45) is 5.73 Å². The number of aromatic nitrogens is 3. The molecule has 0 amide bonds. The van der Waals surface area contributed by atoms with Crippen LogP contribution >= 0.6 is 11.3 Å². The fraction of sp³-hybridized carbons (Fsp3) is 0.100. The lowest BCUT2D eigenvalue weighted by molar-refractivity contribution is 0.380. The molecule has 2 aromatic heterocycles. The van der Waals surface area contributed by atoms with E-state index in [0.29, 0.717) is 11.7 Å². The molecule has 0 saturated carbocycles. The van der Waals surface area contributed by atoms with Gasteiger partial charge in [0.25, 0.3) is 0 Å². The maximum Gasteiger partial charge on any atom is 0.240 e. The summed E-state index contributed by atoms with van der Waals surface area (Å²) in [5.41, 5.74) is 9.11. The van der Waals surface area contributed by atoms with E-state index in [2.05, 4.69) is 15.1 Å². The average molecular weight is 232 g/mol. The Morgan fingerprint density at radius 3 is 3.12 bits per heavy atom. The fourth-order valence-electron chi connectivity index (χ4n) is 1.51. The Hall–Kier alpha value is -1.79. The molecule has 3 rings (SSSR count). The van der Waals surface area contributed by atoms with Crippen LogP contribution in [0.1, 0.15) is 5.89 Å². The van der Waals surface area contributed by atoms with E-state index in [9.17, 15) is 0 Å². The summed E-state index contributed by atoms with van der Waals surface area (Å²) in [6.45, 7) is 0.256. The summed E-state index contributed by atoms with van der Waals surface area (Å²) < 4.78 is 6.05. The average Bonchev–Trinajstić information content (AvgIpc) is 2.97. The van der Waals surface area contributed by atoms with E-state index < -0.39 is 0 Å². The van der Waals surface area contributed by atoms with Crippen LogP contribution in [0.3, 0.4) is 0 Å². The van der Waals surface area contributed by atoms with Crippen LogP contribution in [0.5, 0.6) is 0 Å². The molecular weight excluding hydrogens is 224 g/mol. The first-order chi connectivity index (χ1) is 7.88. The molecule has 1 aromatic carbocycles. The first kappa shape index (κ1) is 9.44. The van der Waals surface area contributed by atoms with Gasteiger partial charge in [-0.25, -0.2) is 4.98 Å². The number of thiazole rings is 1. The predicted molar refractivity (Wildman–Crippen MR) is 60.8 cm³/mol. The molecule has 2 N–H and O–H groups in total. The lowest BCUT2D eigenvalue weighted by atomic mass is 10.2. The molecule has 6 heteroatoms. The maximum absolute atomic E-state index is 5.43. The molecule has 3 aromatic rings. The molecule has 2 heterocycles. The van der Waals surface area contributed by atoms with Gasteiger partial charge in [0.05, 0.1) is 22.3 Å². The topological polar surface area (TPSA) is 77.8 Å². The van der Waals surface area contributed by atoms with Gasteiger partial charge in [0.2, 0.25) is 11.7 Å². The SMILES string of the molecule is NCc1nc(-c2cccc3ncsc23)no1. The van der Waals surface area contributed by atoms with Gasteiger partial charge in [-0.2, -0.15) is 4.98 Å². The van der Waals surface area contributed by atoms with Crippen molar-refractivity contribution >= 4 is 21.6 Å². The van der Waals surface area contributed by atoms with E-state index >= 15 is 0 Å². The highest BCUT2D eigenvalue weighted by Crippen LogP contribution is 2.28. The normalized spacial score (nSPS) is 11.1. The lowest BCUT2D eigenvalue weighted by Crippen LogP contribution is -1.95. The van der Waals surface area contributed by atoms with Crippen molar-refractivity contribution in [1.29, 1.82) is 0 Å². The van der Waals surface area contributed by atoms with Gasteiger partial charge >= 0.3 is 0 Å². The molecule has 0 atom stereocenters. The summed E-state index contributed by atoms with van der Waals surface area (Å²) in [6, 6.07) is 5.83. The van der Waals surface area contributed by atoms with Crippen molar-refractivity contribution in [3.05, 3.63) is 29.6 Å². The molecule has 5 nitrogen and oxygen atoms in total. The molecule has 0 aliphatic heterocycles. The zero-order chi connectivity index (χ0) is 11.0. The number of nitrogens with two attached hydrogens (primary N) is 1. The van der Waals surface area contributed by atoms with Crippen molar-refractivity contribution in [3.8, 4) is 11.4 Å². The Bertz CT molecular complexity index is 630. The second kappa shape index (κ2) is 3.66. The third-order valence-electron chi connectivity index (χ3n) is 2.24. The van der Waals surface area contributed by atoms with Gasteiger partial charge in [0.1, 0.15) is 0 Å². The molecule has 16 heavy (non-hydrogen) atoms. The molecule has 0 aliphatic rings. The number of hydrogen-bond acceptors (Lipinski definition) is 6. The highest BCUT2D eigenvalue weighted by molar-refractivity contribution is 7.17. The fourth-order valence-corrected chi connectivity index (χ4v) is 2.31. The molecule has 0 aliphatic carbocycles. The summed E-state index contributed by atoms with van der Waals surface area (Å²) in [6.07, 6.45) is 0. The monoisotopic (exact) mass is 232 g/mol. The summed E-state index contributed by atoms with van der Waals surface area (Å²) in [5.74, 6) is 1.01. The molecule has 0 bridgehead atoms. The highest BCUT2D eigenvalue weighted by Gasteiger charge is 2.11. The van der Waals surface area contributed by atoms with Crippen LogP contribution in [0.2, 0.25) is 0 Å². The standard InChI is InChI=1S/C10H8N4OS/c11-4-8-13-10(14-15-8)6-2-1-3-7-9(6)16-5-12-7/h1-3,5H,4,11H2. The van der Waals surface area contributed by atoms with Gasteiger partial charge in [-0.15, -0.1) is 11.3 Å². The van der Waals surface area contributed by atoms with E-state index in [4.69, 9.17) is 10.3 Å². The van der Waals surface area contributed by atoms with Gasteiger partial charge in [-0.3, -0.25) is 0 Å². The van der Waals surface area contributed by atoms with Crippen molar-refractivity contribution < 1.29 is 4.52 Å². The summed E-state index contributed by atoms with van der Waals surface area (Å²) >= 11 is 1.56. The number of fused-ring (bicyclic) bond motifs is 1. The van der Waals surface area contributed by atoms with Crippen molar-refractivity contribution in [3.63, 3.8) is 0 Å². The third kappa shape index (κ3) is 1.39. The van der Waals surface area contributed by atoms with Crippen molar-refractivity contribution in [2.45, 2.75) is 6.54 Å². The molecular formula is C10H8N4OS. The Labute approximate surface area is 94.9 Å². The van der Waals surface area contributed by atoms with Crippen LogP contribution in [0, 0.1) is 0 Å². The van der Waals surface area contributed by atoms with E-state index in [0.717, 1.165) is 15.8 Å². The number of benzene rings is 1. The van der Waals surface area contributed by atoms with Crippen molar-refractivity contribution in [1.82, 2.24) is 15.1 Å². The number of rotatable bonds is 2. The first-order valence-electron chi connectivity index (χ1n) is 4.73. The summed E-state index contributed by atoms with van der Waals surface area (Å²) in [5, 5.41) is 3.90. The molecule has 0 saturated heterocycles. The van der Waals surface area contributed by atoms with Gasteiger partial charge in [0.15, 0.2) is 0 Å². The maximum atomic E-state index is 5.43. The number of nitrogens with zero attached hydrogens (tertiary/aromatic N) is 3. The zero-order valence-electron chi connectivity index (χ0n) is 8.25. The third-order valence-corrected chi connectivity index (χ3v) is 3.12. The van der Waals surface area contributed by atoms with Crippen LogP contribution in [-0.4, -0.2) is 15.1 Å². The van der Waals surface area contributed by atoms with Crippen molar-refractivity contribution in [2.75, 3.05) is 0 Å². The Balaban J connectivity index is 2.21. The largest absolute Gasteiger partial charge is 0.338 e. The smallest absolute Gasteiger partial charge is 0.240 e. The van der Waals surface area contributed by atoms with E-state index in [1.54, 1.807) is 16.8 Å². The molecule has 0 radical (unpaired) electrons. The predicted octanol–water partition coefficient (Wildman–Crippen LogP) is 1.80. The van der Waals surface area contributed by atoms with Gasteiger partial charge < -0.3 is 10.3 Å². The minimum Gasteiger partial charge on any atom is -0.338 e. The second-order valence-corrected chi connectivity index (χ2v) is 4.08. The Morgan fingerprint density at radius 2 is 2.31 bits per heavy atom. The van der Waals surface area contributed by atoms with Gasteiger partial charge in [-0.1, -0.05) is 11.2 Å². The van der Waals surface area contributed by atoms with E-state index in [1.807, 2.05) is 18.2 Å². The van der Waals surface area contributed by atoms with E-state index in [-0.39, 0.29) is 6.54 Å². The summed E-state index contributed by atoms with van der Waals surface area (Å²) in [7, 11) is 0. The van der Waals surface area contributed by atoms with Crippen LogP contribution in [0.4, 0.5) is 0 Å². The van der Waals surface area contributed by atoms with Crippen LogP contribution < -0.4 is 5.73 Å². The molecule has 0 unspecified atom stereocenters. The van der Waals surface area contributed by atoms with Crippen LogP contribution in [-0.2, 0) is 6.54 Å². The highest BCUT2D eigenvalue weighted by atomic mass is 32.1.